The van der Waals surface area contributed by atoms with Crippen molar-refractivity contribution in [3.8, 4) is 5.75 Å². The van der Waals surface area contributed by atoms with E-state index in [0.29, 0.717) is 0 Å². The lowest BCUT2D eigenvalue weighted by Gasteiger charge is -2.28. The number of methoxy groups -OCH3 is 1. The van der Waals surface area contributed by atoms with Gasteiger partial charge in [0.25, 0.3) is 0 Å². The number of carbonyl (C=O) groups excluding carboxylic acids is 1. The third-order valence-electron chi connectivity index (χ3n) is 4.42. The average molecular weight is 336 g/mol. The van der Waals surface area contributed by atoms with E-state index in [1.807, 2.05) is 25.1 Å². The van der Waals surface area contributed by atoms with Crippen molar-refractivity contribution >= 4 is 23.9 Å². The molecule has 2 amide bonds. The Bertz CT molecular complexity index is 794. The van der Waals surface area contributed by atoms with E-state index >= 15 is 0 Å². The van der Waals surface area contributed by atoms with Gasteiger partial charge in [0, 0.05) is 24.3 Å². The van der Waals surface area contributed by atoms with Gasteiger partial charge in [-0.05, 0) is 43.5 Å². The molecule has 0 unspecified atom stereocenters. The Labute approximate surface area is 149 Å². The fourth-order valence-electron chi connectivity index (χ4n) is 3.08. The number of anilines is 1. The maximum Gasteiger partial charge on any atom is 0.321 e. The summed E-state index contributed by atoms with van der Waals surface area (Å²) >= 11 is 0. The maximum absolute atomic E-state index is 12.1. The highest BCUT2D eigenvalue weighted by Crippen LogP contribution is 2.31. The van der Waals surface area contributed by atoms with Crippen molar-refractivity contribution in [2.45, 2.75) is 20.3 Å². The van der Waals surface area contributed by atoms with Crippen LogP contribution in [0.5, 0.6) is 5.75 Å². The highest BCUT2D eigenvalue weighted by Gasteiger charge is 2.20. The second-order valence-electron chi connectivity index (χ2n) is 6.37. The molecular formula is C21H24N2O2. The van der Waals surface area contributed by atoms with Crippen molar-refractivity contribution in [1.29, 1.82) is 0 Å². The van der Waals surface area contributed by atoms with Gasteiger partial charge in [-0.15, -0.1) is 0 Å². The molecule has 2 aromatic carbocycles. The van der Waals surface area contributed by atoms with E-state index in [-0.39, 0.29) is 6.03 Å². The maximum atomic E-state index is 12.1. The van der Waals surface area contributed by atoms with Gasteiger partial charge in [-0.1, -0.05) is 42.0 Å². The van der Waals surface area contributed by atoms with Gasteiger partial charge in [0.15, 0.2) is 0 Å². The number of aryl methyl sites for hydroxylation is 2. The molecule has 130 valence electrons. The van der Waals surface area contributed by atoms with Crippen LogP contribution in [0.4, 0.5) is 10.5 Å². The first-order chi connectivity index (χ1) is 12.1. The van der Waals surface area contributed by atoms with Crippen LogP contribution in [0.1, 0.15) is 28.7 Å². The fraction of sp³-hybridized carbons (Fsp3) is 0.286. The summed E-state index contributed by atoms with van der Waals surface area (Å²) in [6, 6.07) is 12.4. The van der Waals surface area contributed by atoms with Gasteiger partial charge in [0.1, 0.15) is 5.75 Å². The Morgan fingerprint density at radius 1 is 1.12 bits per heavy atom. The van der Waals surface area contributed by atoms with Crippen molar-refractivity contribution in [2.24, 2.45) is 0 Å². The number of hydrogen-bond acceptors (Lipinski definition) is 2. The zero-order valence-corrected chi connectivity index (χ0v) is 15.0. The highest BCUT2D eigenvalue weighted by atomic mass is 16.5. The Morgan fingerprint density at radius 3 is 2.56 bits per heavy atom. The molecule has 1 aliphatic heterocycles. The summed E-state index contributed by atoms with van der Waals surface area (Å²) in [5.41, 5.74) is 5.26. The second-order valence-corrected chi connectivity index (χ2v) is 6.37. The van der Waals surface area contributed by atoms with Gasteiger partial charge in [0.05, 0.1) is 7.11 Å². The minimum absolute atomic E-state index is 0.0377. The largest absolute Gasteiger partial charge is 0.496 e. The molecule has 1 fully saturated rings. The summed E-state index contributed by atoms with van der Waals surface area (Å²) in [5.74, 6) is 0.838. The number of rotatable bonds is 4. The lowest BCUT2D eigenvalue weighted by molar-refractivity contribution is 0.243. The number of amides is 2. The van der Waals surface area contributed by atoms with Crippen molar-refractivity contribution < 1.29 is 9.53 Å². The van der Waals surface area contributed by atoms with Gasteiger partial charge in [-0.3, -0.25) is 4.90 Å². The van der Waals surface area contributed by atoms with Crippen LogP contribution in [-0.2, 0) is 0 Å². The van der Waals surface area contributed by atoms with Gasteiger partial charge >= 0.3 is 6.03 Å². The SMILES string of the molecule is COc1c(C)cc(N2CCCNC2=O)cc1C=Cc1ccc(C)cc1. The topological polar surface area (TPSA) is 41.6 Å². The monoisotopic (exact) mass is 336 g/mol. The normalized spacial score (nSPS) is 14.7. The number of ether oxygens (including phenoxy) is 1. The zero-order valence-electron chi connectivity index (χ0n) is 15.0. The molecule has 1 N–H and O–H groups in total. The van der Waals surface area contributed by atoms with Crippen molar-refractivity contribution in [1.82, 2.24) is 5.32 Å². The van der Waals surface area contributed by atoms with E-state index in [1.54, 1.807) is 12.0 Å². The fourth-order valence-corrected chi connectivity index (χ4v) is 3.08. The van der Waals surface area contributed by atoms with Crippen molar-refractivity contribution in [3.05, 3.63) is 58.7 Å². The molecule has 1 aliphatic rings. The molecule has 1 heterocycles. The first-order valence-electron chi connectivity index (χ1n) is 8.57. The highest BCUT2D eigenvalue weighted by molar-refractivity contribution is 5.93. The third-order valence-corrected chi connectivity index (χ3v) is 4.42. The van der Waals surface area contributed by atoms with Crippen LogP contribution in [0.3, 0.4) is 0 Å². The van der Waals surface area contributed by atoms with E-state index in [4.69, 9.17) is 4.74 Å². The van der Waals surface area contributed by atoms with E-state index in [0.717, 1.165) is 47.6 Å². The Kier molecular flexibility index (Phi) is 5.08. The molecule has 0 spiro atoms. The first-order valence-corrected chi connectivity index (χ1v) is 8.57. The summed E-state index contributed by atoms with van der Waals surface area (Å²) in [6.07, 6.45) is 5.06. The minimum atomic E-state index is -0.0377. The van der Waals surface area contributed by atoms with E-state index in [1.165, 1.54) is 5.56 Å². The lowest BCUT2D eigenvalue weighted by atomic mass is 10.0. The molecule has 0 radical (unpaired) electrons. The third kappa shape index (κ3) is 3.85. The van der Waals surface area contributed by atoms with Crippen molar-refractivity contribution in [2.75, 3.05) is 25.1 Å². The van der Waals surface area contributed by atoms with E-state index < -0.39 is 0 Å². The first kappa shape index (κ1) is 17.1. The molecule has 4 nitrogen and oxygen atoms in total. The van der Waals surface area contributed by atoms with Crippen LogP contribution in [0.15, 0.2) is 36.4 Å². The predicted molar refractivity (Wildman–Crippen MR) is 103 cm³/mol. The number of urea groups is 1. The summed E-state index contributed by atoms with van der Waals surface area (Å²) in [4.78, 5) is 13.9. The molecule has 0 bridgehead atoms. The van der Waals surface area contributed by atoms with Gasteiger partial charge in [0.2, 0.25) is 0 Å². The number of hydrogen-bond donors (Lipinski definition) is 1. The molecule has 2 aromatic rings. The number of carbonyl (C=O) groups is 1. The Morgan fingerprint density at radius 2 is 1.88 bits per heavy atom. The summed E-state index contributed by atoms with van der Waals surface area (Å²) in [6.45, 7) is 5.56. The van der Waals surface area contributed by atoms with E-state index in [2.05, 4.69) is 42.6 Å². The standard InChI is InChI=1S/C21H24N2O2/c1-15-5-7-17(8-6-15)9-10-18-14-19(13-16(2)20(18)25-3)23-12-4-11-22-21(23)24/h5-10,13-14H,4,11-12H2,1-3H3,(H,22,24). The van der Waals surface area contributed by atoms with Crippen LogP contribution >= 0.6 is 0 Å². The van der Waals surface area contributed by atoms with Crippen LogP contribution in [0, 0.1) is 13.8 Å². The Balaban J connectivity index is 1.96. The molecule has 0 aliphatic carbocycles. The van der Waals surface area contributed by atoms with Crippen LogP contribution < -0.4 is 15.0 Å². The summed E-state index contributed by atoms with van der Waals surface area (Å²) in [5, 5.41) is 2.90. The molecule has 25 heavy (non-hydrogen) atoms. The molecule has 0 atom stereocenters. The quantitative estimate of drug-likeness (QED) is 0.841. The predicted octanol–water partition coefficient (Wildman–Crippen LogP) is 4.40. The van der Waals surface area contributed by atoms with Gasteiger partial charge in [-0.2, -0.15) is 0 Å². The summed E-state index contributed by atoms with van der Waals surface area (Å²) < 4.78 is 5.58. The minimum Gasteiger partial charge on any atom is -0.496 e. The molecular weight excluding hydrogens is 312 g/mol. The molecule has 0 saturated carbocycles. The Hall–Kier alpha value is -2.75. The molecule has 1 saturated heterocycles. The zero-order chi connectivity index (χ0) is 17.8. The lowest BCUT2D eigenvalue weighted by Crippen LogP contribution is -2.46. The van der Waals surface area contributed by atoms with Crippen LogP contribution in [-0.4, -0.2) is 26.2 Å². The molecule has 3 rings (SSSR count). The van der Waals surface area contributed by atoms with Crippen LogP contribution in [0.25, 0.3) is 12.2 Å². The number of nitrogens with zero attached hydrogens (tertiary/aromatic N) is 1. The van der Waals surface area contributed by atoms with Crippen LogP contribution in [0.2, 0.25) is 0 Å². The molecule has 4 heteroatoms. The van der Waals surface area contributed by atoms with Gasteiger partial charge < -0.3 is 10.1 Å². The van der Waals surface area contributed by atoms with Gasteiger partial charge in [-0.25, -0.2) is 4.79 Å². The number of benzene rings is 2. The second kappa shape index (κ2) is 7.43. The van der Waals surface area contributed by atoms with E-state index in [9.17, 15) is 4.79 Å². The molecule has 0 aromatic heterocycles. The summed E-state index contributed by atoms with van der Waals surface area (Å²) in [7, 11) is 1.68. The smallest absolute Gasteiger partial charge is 0.321 e. The number of nitrogens with one attached hydrogen (secondary N) is 1. The average Bonchev–Trinajstić information content (AvgIpc) is 2.61. The van der Waals surface area contributed by atoms with Crippen molar-refractivity contribution in [3.63, 3.8) is 0 Å².